The lowest BCUT2D eigenvalue weighted by Gasteiger charge is -2.37. The number of benzene rings is 1. The molecule has 1 heterocycles. The van der Waals surface area contributed by atoms with E-state index in [4.69, 9.17) is 10.5 Å². The summed E-state index contributed by atoms with van der Waals surface area (Å²) in [7, 11) is 2.08. The zero-order valence-corrected chi connectivity index (χ0v) is 10.2. The number of nitrogens with zero attached hydrogens (tertiary/aromatic N) is 1. The van der Waals surface area contributed by atoms with Gasteiger partial charge in [-0.15, -0.1) is 0 Å². The molecule has 1 fully saturated rings. The first-order valence-corrected chi connectivity index (χ1v) is 6.00. The summed E-state index contributed by atoms with van der Waals surface area (Å²) in [6.07, 6.45) is 0. The first kappa shape index (κ1) is 12.4. The van der Waals surface area contributed by atoms with E-state index in [1.807, 2.05) is 18.2 Å². The second-order valence-electron chi connectivity index (χ2n) is 4.52. The molecule has 0 amide bonds. The molecule has 1 aliphatic heterocycles. The monoisotopic (exact) mass is 236 g/mol. The van der Waals surface area contributed by atoms with Crippen molar-refractivity contribution in [2.24, 2.45) is 5.73 Å². The lowest BCUT2D eigenvalue weighted by molar-refractivity contribution is -0.00374. The van der Waals surface area contributed by atoms with Crippen LogP contribution in [0.3, 0.4) is 0 Å². The van der Waals surface area contributed by atoms with Crippen molar-refractivity contribution in [2.75, 3.05) is 33.4 Å². The van der Waals surface area contributed by atoms with E-state index < -0.39 is 0 Å². The Morgan fingerprint density at radius 3 is 2.94 bits per heavy atom. The van der Waals surface area contributed by atoms with Crippen LogP contribution in [0, 0.1) is 0 Å². The number of rotatable bonds is 3. The van der Waals surface area contributed by atoms with Crippen LogP contribution in [-0.2, 0) is 4.74 Å². The summed E-state index contributed by atoms with van der Waals surface area (Å²) in [4.78, 5) is 2.26. The van der Waals surface area contributed by atoms with E-state index in [1.54, 1.807) is 6.07 Å². The lowest BCUT2D eigenvalue weighted by Crippen LogP contribution is -2.48. The number of likely N-dealkylation sites (N-methyl/N-ethyl adjacent to an activating group) is 1. The summed E-state index contributed by atoms with van der Waals surface area (Å²) in [6, 6.07) is 7.65. The zero-order chi connectivity index (χ0) is 12.3. The average Bonchev–Trinajstić information content (AvgIpc) is 2.34. The molecule has 94 valence electrons. The van der Waals surface area contributed by atoms with E-state index in [2.05, 4.69) is 11.9 Å². The molecule has 0 spiro atoms. The third kappa shape index (κ3) is 2.60. The quantitative estimate of drug-likeness (QED) is 0.813. The van der Waals surface area contributed by atoms with Crippen LogP contribution in [0.25, 0.3) is 0 Å². The number of hydrogen-bond acceptors (Lipinski definition) is 4. The zero-order valence-electron chi connectivity index (χ0n) is 10.2. The van der Waals surface area contributed by atoms with Crippen molar-refractivity contribution in [2.45, 2.75) is 12.0 Å². The topological polar surface area (TPSA) is 58.7 Å². The Morgan fingerprint density at radius 2 is 2.29 bits per heavy atom. The van der Waals surface area contributed by atoms with Crippen molar-refractivity contribution >= 4 is 0 Å². The van der Waals surface area contributed by atoms with Crippen LogP contribution in [-0.4, -0.2) is 49.4 Å². The summed E-state index contributed by atoms with van der Waals surface area (Å²) in [6.45, 7) is 2.86. The Morgan fingerprint density at radius 1 is 1.53 bits per heavy atom. The van der Waals surface area contributed by atoms with Crippen molar-refractivity contribution in [3.63, 3.8) is 0 Å². The predicted octanol–water partition coefficient (Wildman–Crippen LogP) is 0.765. The highest BCUT2D eigenvalue weighted by Gasteiger charge is 2.29. The molecule has 17 heavy (non-hydrogen) atoms. The van der Waals surface area contributed by atoms with E-state index in [0.29, 0.717) is 18.9 Å². The highest BCUT2D eigenvalue weighted by Crippen LogP contribution is 2.30. The van der Waals surface area contributed by atoms with Crippen molar-refractivity contribution in [1.29, 1.82) is 0 Å². The molecule has 2 rings (SSSR count). The van der Waals surface area contributed by atoms with Crippen molar-refractivity contribution in [1.82, 2.24) is 4.90 Å². The Balaban J connectivity index is 2.23. The molecule has 4 nitrogen and oxygen atoms in total. The third-order valence-electron chi connectivity index (χ3n) is 3.50. The maximum Gasteiger partial charge on any atom is 0.119 e. The van der Waals surface area contributed by atoms with Gasteiger partial charge in [0.2, 0.25) is 0 Å². The SMILES string of the molecule is CN1CCOCC1C(CN)c1ccccc1O. The minimum absolute atomic E-state index is 0.112. The van der Waals surface area contributed by atoms with Gasteiger partial charge < -0.3 is 15.6 Å². The molecule has 1 aromatic carbocycles. The second kappa shape index (κ2) is 5.49. The van der Waals surface area contributed by atoms with Crippen LogP contribution in [0.4, 0.5) is 0 Å². The molecule has 0 radical (unpaired) electrons. The highest BCUT2D eigenvalue weighted by molar-refractivity contribution is 5.36. The summed E-state index contributed by atoms with van der Waals surface area (Å²) in [5.74, 6) is 0.434. The minimum atomic E-state index is 0.112. The van der Waals surface area contributed by atoms with Crippen LogP contribution in [0.15, 0.2) is 24.3 Å². The Bertz CT molecular complexity index is 370. The maximum absolute atomic E-state index is 9.91. The van der Waals surface area contributed by atoms with Crippen molar-refractivity contribution in [3.05, 3.63) is 29.8 Å². The van der Waals surface area contributed by atoms with Crippen LogP contribution in [0.2, 0.25) is 0 Å². The predicted molar refractivity (Wildman–Crippen MR) is 67.1 cm³/mol. The first-order chi connectivity index (χ1) is 8.24. The van der Waals surface area contributed by atoms with Gasteiger partial charge in [-0.3, -0.25) is 4.90 Å². The smallest absolute Gasteiger partial charge is 0.119 e. The average molecular weight is 236 g/mol. The van der Waals surface area contributed by atoms with Gasteiger partial charge in [-0.2, -0.15) is 0 Å². The van der Waals surface area contributed by atoms with Gasteiger partial charge in [0, 0.05) is 25.0 Å². The molecule has 0 aromatic heterocycles. The molecule has 1 saturated heterocycles. The van der Waals surface area contributed by atoms with Crippen LogP contribution in [0.1, 0.15) is 11.5 Å². The van der Waals surface area contributed by atoms with Gasteiger partial charge in [0.1, 0.15) is 5.75 Å². The third-order valence-corrected chi connectivity index (χ3v) is 3.50. The van der Waals surface area contributed by atoms with E-state index in [9.17, 15) is 5.11 Å². The number of phenolic OH excluding ortho intramolecular Hbond substituents is 1. The molecule has 1 aromatic rings. The Labute approximate surface area is 102 Å². The molecule has 4 heteroatoms. The van der Waals surface area contributed by atoms with Crippen molar-refractivity contribution < 1.29 is 9.84 Å². The molecule has 0 bridgehead atoms. The van der Waals surface area contributed by atoms with E-state index in [1.165, 1.54) is 0 Å². The summed E-state index contributed by atoms with van der Waals surface area (Å²) in [5, 5.41) is 9.91. The summed E-state index contributed by atoms with van der Waals surface area (Å²) in [5.41, 5.74) is 6.79. The van der Waals surface area contributed by atoms with Crippen LogP contribution >= 0.6 is 0 Å². The van der Waals surface area contributed by atoms with E-state index in [0.717, 1.165) is 18.7 Å². The highest BCUT2D eigenvalue weighted by atomic mass is 16.5. The normalized spacial score (nSPS) is 23.5. The lowest BCUT2D eigenvalue weighted by atomic mass is 9.90. The fraction of sp³-hybridized carbons (Fsp3) is 0.538. The van der Waals surface area contributed by atoms with Gasteiger partial charge in [0.15, 0.2) is 0 Å². The molecule has 1 aliphatic rings. The molecule has 2 unspecified atom stereocenters. The van der Waals surface area contributed by atoms with Gasteiger partial charge in [0.05, 0.1) is 13.2 Å². The number of ether oxygens (including phenoxy) is 1. The number of morpholine rings is 1. The maximum atomic E-state index is 9.91. The van der Waals surface area contributed by atoms with Gasteiger partial charge in [-0.1, -0.05) is 18.2 Å². The summed E-state index contributed by atoms with van der Waals surface area (Å²) >= 11 is 0. The number of aromatic hydroxyl groups is 1. The number of nitrogens with two attached hydrogens (primary N) is 1. The Kier molecular flexibility index (Phi) is 3.99. The largest absolute Gasteiger partial charge is 0.508 e. The second-order valence-corrected chi connectivity index (χ2v) is 4.52. The van der Waals surface area contributed by atoms with Gasteiger partial charge in [0.25, 0.3) is 0 Å². The van der Waals surface area contributed by atoms with Crippen LogP contribution < -0.4 is 5.73 Å². The number of hydrogen-bond donors (Lipinski definition) is 2. The standard InChI is InChI=1S/C13H20N2O2/c1-15-6-7-17-9-12(15)11(8-14)10-4-2-3-5-13(10)16/h2-5,11-12,16H,6-9,14H2,1H3. The van der Waals surface area contributed by atoms with Gasteiger partial charge >= 0.3 is 0 Å². The first-order valence-electron chi connectivity index (χ1n) is 6.00. The number of phenols is 1. The molecule has 3 N–H and O–H groups in total. The molecule has 0 saturated carbocycles. The van der Waals surface area contributed by atoms with Crippen LogP contribution in [0.5, 0.6) is 5.75 Å². The minimum Gasteiger partial charge on any atom is -0.508 e. The fourth-order valence-corrected chi connectivity index (χ4v) is 2.42. The van der Waals surface area contributed by atoms with E-state index in [-0.39, 0.29) is 12.0 Å². The fourth-order valence-electron chi connectivity index (χ4n) is 2.42. The van der Waals surface area contributed by atoms with Gasteiger partial charge in [-0.25, -0.2) is 0 Å². The van der Waals surface area contributed by atoms with Crippen molar-refractivity contribution in [3.8, 4) is 5.75 Å². The summed E-state index contributed by atoms with van der Waals surface area (Å²) < 4.78 is 5.52. The molecular weight excluding hydrogens is 216 g/mol. The van der Waals surface area contributed by atoms with Gasteiger partial charge in [-0.05, 0) is 18.7 Å². The Hall–Kier alpha value is -1.10. The van der Waals surface area contributed by atoms with E-state index >= 15 is 0 Å². The molecular formula is C13H20N2O2. The number of para-hydroxylation sites is 1. The molecule has 0 aliphatic carbocycles. The molecule has 2 atom stereocenters.